The lowest BCUT2D eigenvalue weighted by Crippen LogP contribution is -2.47. The van der Waals surface area contributed by atoms with Crippen LogP contribution in [-0.4, -0.2) is 36.1 Å². The normalized spacial score (nSPS) is 14.4. The van der Waals surface area contributed by atoms with E-state index in [-0.39, 0.29) is 28.8 Å². The minimum atomic E-state index is -1.16. The summed E-state index contributed by atoms with van der Waals surface area (Å²) in [6, 6.07) is 9.85. The number of anilines is 2. The maximum absolute atomic E-state index is 12.7. The van der Waals surface area contributed by atoms with Gasteiger partial charge in [0.2, 0.25) is 11.5 Å². The Morgan fingerprint density at radius 3 is 1.95 bits per heavy atom. The fraction of sp³-hybridized carbons (Fsp3) is 0.296. The zero-order valence-corrected chi connectivity index (χ0v) is 24.1. The number of nitrogen functional groups attached to an aromatic ring is 2. The van der Waals surface area contributed by atoms with E-state index in [0.717, 1.165) is 41.0 Å². The van der Waals surface area contributed by atoms with Gasteiger partial charge >= 0.3 is 11.9 Å². The molecule has 0 radical (unpaired) electrons. The van der Waals surface area contributed by atoms with Crippen molar-refractivity contribution in [2.75, 3.05) is 18.6 Å². The van der Waals surface area contributed by atoms with Crippen molar-refractivity contribution in [3.8, 4) is 0 Å². The van der Waals surface area contributed by atoms with Gasteiger partial charge in [0.15, 0.2) is 0 Å². The number of rotatable bonds is 5. The van der Waals surface area contributed by atoms with Crippen LogP contribution in [0.4, 0.5) is 11.4 Å². The summed E-state index contributed by atoms with van der Waals surface area (Å²) in [5, 5.41) is 12.8. The van der Waals surface area contributed by atoms with Crippen LogP contribution in [0.15, 0.2) is 54.2 Å². The standard InChI is InChI=1S/C18H21BrN2O4.C9H6BrNO3/c1-24-18(23)15(10-5-3-2-4-6-10)21-17(22)16-14(20)12-8-7-11(19)9-13(12)25-16;10-4-1-2-5-6(3-4)14-8(7(5)11)9(12)13/h7-10,15H,2-6,20H2,1H3,(H,21,22);1-3H,11H2,(H,12,13)/t15-;/m0./s1. The Kier molecular flexibility index (Phi) is 8.86. The molecule has 2 heterocycles. The highest BCUT2D eigenvalue weighted by Crippen LogP contribution is 2.32. The molecule has 0 saturated heterocycles. The fourth-order valence-electron chi connectivity index (χ4n) is 4.68. The largest absolute Gasteiger partial charge is 0.475 e. The first-order chi connectivity index (χ1) is 18.6. The number of nitrogens with one attached hydrogen (secondary N) is 1. The Balaban J connectivity index is 0.000000212. The Labute approximate surface area is 240 Å². The second-order valence-corrected chi connectivity index (χ2v) is 11.0. The number of benzene rings is 2. The Morgan fingerprint density at radius 2 is 1.44 bits per heavy atom. The number of carbonyl (C=O) groups excluding carboxylic acids is 2. The summed E-state index contributed by atoms with van der Waals surface area (Å²) in [6.45, 7) is 0. The van der Waals surface area contributed by atoms with Crippen LogP contribution in [0.1, 0.15) is 53.2 Å². The maximum Gasteiger partial charge on any atom is 0.374 e. The van der Waals surface area contributed by atoms with Crippen LogP contribution in [-0.2, 0) is 9.53 Å². The molecule has 1 fully saturated rings. The Morgan fingerprint density at radius 1 is 0.923 bits per heavy atom. The molecule has 0 aliphatic heterocycles. The van der Waals surface area contributed by atoms with Crippen LogP contribution < -0.4 is 16.8 Å². The number of ether oxygens (including phenoxy) is 1. The summed E-state index contributed by atoms with van der Waals surface area (Å²) >= 11 is 6.62. The van der Waals surface area contributed by atoms with Crippen molar-refractivity contribution in [2.45, 2.75) is 38.1 Å². The van der Waals surface area contributed by atoms with Crippen LogP contribution in [0.2, 0.25) is 0 Å². The molecule has 10 nitrogen and oxygen atoms in total. The number of furan rings is 2. The van der Waals surface area contributed by atoms with Crippen molar-refractivity contribution in [3.63, 3.8) is 0 Å². The lowest BCUT2D eigenvalue weighted by atomic mass is 9.84. The molecule has 1 saturated carbocycles. The second kappa shape index (κ2) is 12.1. The predicted molar refractivity (Wildman–Crippen MR) is 153 cm³/mol. The SMILES string of the molecule is COC(=O)[C@@H](NC(=O)c1oc2cc(Br)ccc2c1N)C1CCCCC1.Nc1c(C(=O)O)oc2cc(Br)ccc12. The fourth-order valence-corrected chi connectivity index (χ4v) is 5.36. The smallest absolute Gasteiger partial charge is 0.374 e. The number of carbonyl (C=O) groups is 3. The number of carboxylic acids is 1. The second-order valence-electron chi connectivity index (χ2n) is 9.15. The number of aromatic carboxylic acids is 1. The molecular weight excluding hydrogens is 638 g/mol. The van der Waals surface area contributed by atoms with Crippen LogP contribution in [0.3, 0.4) is 0 Å². The van der Waals surface area contributed by atoms with Gasteiger partial charge in [-0.2, -0.15) is 0 Å². The van der Waals surface area contributed by atoms with E-state index in [1.54, 1.807) is 30.3 Å². The molecule has 5 rings (SSSR count). The molecule has 0 unspecified atom stereocenters. The summed E-state index contributed by atoms with van der Waals surface area (Å²) in [5.41, 5.74) is 13.1. The number of hydrogen-bond acceptors (Lipinski definition) is 8. The van der Waals surface area contributed by atoms with E-state index < -0.39 is 23.9 Å². The lowest BCUT2D eigenvalue weighted by Gasteiger charge is -2.28. The molecule has 4 aromatic rings. The quantitative estimate of drug-likeness (QED) is 0.184. The zero-order valence-electron chi connectivity index (χ0n) is 21.0. The molecule has 206 valence electrons. The average molecular weight is 665 g/mol. The van der Waals surface area contributed by atoms with Gasteiger partial charge in [-0.3, -0.25) is 4.79 Å². The van der Waals surface area contributed by atoms with Gasteiger partial charge in [-0.25, -0.2) is 9.59 Å². The van der Waals surface area contributed by atoms with E-state index in [2.05, 4.69) is 37.2 Å². The van der Waals surface area contributed by atoms with E-state index >= 15 is 0 Å². The number of esters is 1. The molecule has 0 bridgehead atoms. The first kappa shape index (κ1) is 28.5. The summed E-state index contributed by atoms with van der Waals surface area (Å²) in [6.07, 6.45) is 5.04. The molecular formula is C27H27Br2N3O7. The van der Waals surface area contributed by atoms with Crippen molar-refractivity contribution in [1.82, 2.24) is 5.32 Å². The van der Waals surface area contributed by atoms with Gasteiger partial charge in [-0.05, 0) is 55.2 Å². The Bertz CT molecular complexity index is 1540. The van der Waals surface area contributed by atoms with E-state index in [9.17, 15) is 14.4 Å². The van der Waals surface area contributed by atoms with E-state index in [1.165, 1.54) is 7.11 Å². The third kappa shape index (κ3) is 6.22. The van der Waals surface area contributed by atoms with E-state index in [4.69, 9.17) is 30.1 Å². The molecule has 1 atom stereocenters. The lowest BCUT2D eigenvalue weighted by molar-refractivity contribution is -0.144. The number of carboxylic acid groups (broad SMARTS) is 1. The van der Waals surface area contributed by atoms with Gasteiger partial charge in [0.25, 0.3) is 5.91 Å². The first-order valence-electron chi connectivity index (χ1n) is 12.2. The monoisotopic (exact) mass is 663 g/mol. The van der Waals surface area contributed by atoms with Crippen molar-refractivity contribution in [1.29, 1.82) is 0 Å². The van der Waals surface area contributed by atoms with Crippen molar-refractivity contribution in [2.24, 2.45) is 5.92 Å². The predicted octanol–water partition coefficient (Wildman–Crippen LogP) is 6.10. The van der Waals surface area contributed by atoms with Gasteiger partial charge in [-0.15, -0.1) is 0 Å². The summed E-state index contributed by atoms with van der Waals surface area (Å²) < 4.78 is 17.2. The van der Waals surface area contributed by atoms with Gasteiger partial charge in [0, 0.05) is 19.7 Å². The number of nitrogens with two attached hydrogens (primary N) is 2. The van der Waals surface area contributed by atoms with Crippen LogP contribution >= 0.6 is 31.9 Å². The Hall–Kier alpha value is -3.51. The number of fused-ring (bicyclic) bond motifs is 2. The molecule has 1 aliphatic rings. The average Bonchev–Trinajstić information content (AvgIpc) is 3.43. The highest BCUT2D eigenvalue weighted by atomic mass is 79.9. The number of hydrogen-bond donors (Lipinski definition) is 4. The first-order valence-corrected chi connectivity index (χ1v) is 13.8. The maximum atomic E-state index is 12.7. The van der Waals surface area contributed by atoms with Gasteiger partial charge in [0.1, 0.15) is 17.2 Å². The van der Waals surface area contributed by atoms with Crippen LogP contribution in [0, 0.1) is 5.92 Å². The highest BCUT2D eigenvalue weighted by Gasteiger charge is 2.33. The van der Waals surface area contributed by atoms with Gasteiger partial charge < -0.3 is 35.5 Å². The molecule has 39 heavy (non-hydrogen) atoms. The molecule has 2 aromatic heterocycles. The highest BCUT2D eigenvalue weighted by molar-refractivity contribution is 9.10. The van der Waals surface area contributed by atoms with Crippen LogP contribution in [0.25, 0.3) is 21.9 Å². The van der Waals surface area contributed by atoms with Crippen molar-refractivity contribution < 1.29 is 33.1 Å². The van der Waals surface area contributed by atoms with Gasteiger partial charge in [-0.1, -0.05) is 51.1 Å². The molecule has 0 spiro atoms. The van der Waals surface area contributed by atoms with Gasteiger partial charge in [0.05, 0.1) is 18.5 Å². The van der Waals surface area contributed by atoms with E-state index in [1.807, 2.05) is 6.07 Å². The summed E-state index contributed by atoms with van der Waals surface area (Å²) in [5.74, 6) is -2.20. The molecule has 12 heteroatoms. The van der Waals surface area contributed by atoms with Crippen molar-refractivity contribution in [3.05, 3.63) is 56.9 Å². The molecule has 1 amide bonds. The zero-order chi connectivity index (χ0) is 28.3. The number of amides is 1. The van der Waals surface area contributed by atoms with E-state index in [0.29, 0.717) is 21.9 Å². The third-order valence-corrected chi connectivity index (χ3v) is 7.63. The molecule has 2 aromatic carbocycles. The van der Waals surface area contributed by atoms with Crippen molar-refractivity contribution >= 4 is 83.0 Å². The molecule has 6 N–H and O–H groups in total. The minimum absolute atomic E-state index is 0.0258. The topological polar surface area (TPSA) is 171 Å². The number of halogens is 2. The molecule has 1 aliphatic carbocycles. The minimum Gasteiger partial charge on any atom is -0.475 e. The summed E-state index contributed by atoms with van der Waals surface area (Å²) in [4.78, 5) is 35.6. The number of methoxy groups -OCH3 is 1. The van der Waals surface area contributed by atoms with Crippen LogP contribution in [0.5, 0.6) is 0 Å². The summed E-state index contributed by atoms with van der Waals surface area (Å²) in [7, 11) is 1.33. The third-order valence-electron chi connectivity index (χ3n) is 6.64.